The molecule has 0 fully saturated rings. The van der Waals surface area contributed by atoms with E-state index < -0.39 is 0 Å². The van der Waals surface area contributed by atoms with Gasteiger partial charge in [0.25, 0.3) is 5.91 Å². The minimum Gasteiger partial charge on any atom is -0.497 e. The Hall–Kier alpha value is -3.86. The number of methoxy groups -OCH3 is 1. The predicted octanol–water partition coefficient (Wildman–Crippen LogP) is 5.05. The van der Waals surface area contributed by atoms with Gasteiger partial charge in [0.1, 0.15) is 5.75 Å². The first-order chi connectivity index (χ1) is 14.6. The summed E-state index contributed by atoms with van der Waals surface area (Å²) < 4.78 is 10.2. The molecule has 0 radical (unpaired) electrons. The number of amides is 1. The van der Waals surface area contributed by atoms with Gasteiger partial charge in [0.15, 0.2) is 0 Å². The van der Waals surface area contributed by atoms with Crippen molar-refractivity contribution in [1.29, 1.82) is 0 Å². The van der Waals surface area contributed by atoms with Gasteiger partial charge in [-0.3, -0.25) is 4.79 Å². The molecule has 0 saturated carbocycles. The molecule has 5 heteroatoms. The van der Waals surface area contributed by atoms with Crippen molar-refractivity contribution in [3.05, 3.63) is 95.6 Å². The highest BCUT2D eigenvalue weighted by Gasteiger charge is 2.13. The lowest BCUT2D eigenvalue weighted by Gasteiger charge is -2.11. The van der Waals surface area contributed by atoms with Crippen LogP contribution in [0.25, 0.3) is 11.6 Å². The SMILES string of the molecule is CCOC(=O)c1ccc(NC(=O)/C(=C/c2ccc(OC)cc2)c2ccccc2)cc1. The zero-order chi connectivity index (χ0) is 21.3. The maximum Gasteiger partial charge on any atom is 0.338 e. The first kappa shape index (κ1) is 20.9. The number of ether oxygens (including phenoxy) is 2. The molecule has 0 aliphatic carbocycles. The van der Waals surface area contributed by atoms with Crippen LogP contribution < -0.4 is 10.1 Å². The van der Waals surface area contributed by atoms with Crippen molar-refractivity contribution in [2.45, 2.75) is 6.92 Å². The van der Waals surface area contributed by atoms with Gasteiger partial charge < -0.3 is 14.8 Å². The third-order valence-corrected chi connectivity index (χ3v) is 4.41. The molecular formula is C25H23NO4. The quantitative estimate of drug-likeness (QED) is 0.342. The van der Waals surface area contributed by atoms with Crippen molar-refractivity contribution in [2.24, 2.45) is 0 Å². The number of hydrogen-bond acceptors (Lipinski definition) is 4. The summed E-state index contributed by atoms with van der Waals surface area (Å²) in [5.41, 5.74) is 3.23. The van der Waals surface area contributed by atoms with Crippen LogP contribution in [0.3, 0.4) is 0 Å². The Kier molecular flexibility index (Phi) is 7.00. The molecule has 0 aromatic heterocycles. The summed E-state index contributed by atoms with van der Waals surface area (Å²) in [6.07, 6.45) is 1.83. The highest BCUT2D eigenvalue weighted by atomic mass is 16.5. The van der Waals surface area contributed by atoms with Gasteiger partial charge >= 0.3 is 5.97 Å². The third kappa shape index (κ3) is 5.35. The number of anilines is 1. The summed E-state index contributed by atoms with van der Waals surface area (Å²) in [6, 6.07) is 23.6. The predicted molar refractivity (Wildman–Crippen MR) is 118 cm³/mol. The van der Waals surface area contributed by atoms with Crippen LogP contribution in [0.2, 0.25) is 0 Å². The number of rotatable bonds is 7. The van der Waals surface area contributed by atoms with E-state index in [1.807, 2.05) is 60.7 Å². The summed E-state index contributed by atoms with van der Waals surface area (Å²) in [5, 5.41) is 2.90. The van der Waals surface area contributed by atoms with Gasteiger partial charge in [-0.2, -0.15) is 0 Å². The average Bonchev–Trinajstić information content (AvgIpc) is 2.79. The second-order valence-corrected chi connectivity index (χ2v) is 6.45. The van der Waals surface area contributed by atoms with Gasteiger partial charge in [0.2, 0.25) is 0 Å². The smallest absolute Gasteiger partial charge is 0.338 e. The fraction of sp³-hybridized carbons (Fsp3) is 0.120. The first-order valence-corrected chi connectivity index (χ1v) is 9.60. The monoisotopic (exact) mass is 401 g/mol. The lowest BCUT2D eigenvalue weighted by Crippen LogP contribution is -2.14. The molecule has 0 aliphatic rings. The molecule has 3 aromatic rings. The van der Waals surface area contributed by atoms with Crippen LogP contribution in [-0.2, 0) is 9.53 Å². The van der Waals surface area contributed by atoms with E-state index in [1.165, 1.54) is 0 Å². The fourth-order valence-corrected chi connectivity index (χ4v) is 2.87. The number of esters is 1. The Morgan fingerprint density at radius 3 is 2.13 bits per heavy atom. The van der Waals surface area contributed by atoms with Crippen LogP contribution in [-0.4, -0.2) is 25.6 Å². The van der Waals surface area contributed by atoms with Gasteiger partial charge in [-0.1, -0.05) is 42.5 Å². The van der Waals surface area contributed by atoms with Crippen molar-refractivity contribution in [3.8, 4) is 5.75 Å². The van der Waals surface area contributed by atoms with Crippen molar-refractivity contribution in [2.75, 3.05) is 19.0 Å². The van der Waals surface area contributed by atoms with Gasteiger partial charge in [-0.05, 0) is 60.5 Å². The Labute approximate surface area is 176 Å². The Balaban J connectivity index is 1.85. The molecule has 0 unspecified atom stereocenters. The van der Waals surface area contributed by atoms with Crippen LogP contribution in [0.4, 0.5) is 5.69 Å². The molecule has 1 amide bonds. The second-order valence-electron chi connectivity index (χ2n) is 6.45. The molecule has 0 atom stereocenters. The summed E-state index contributed by atoms with van der Waals surface area (Å²) in [4.78, 5) is 24.9. The highest BCUT2D eigenvalue weighted by molar-refractivity contribution is 6.29. The van der Waals surface area contributed by atoms with Crippen LogP contribution in [0, 0.1) is 0 Å². The summed E-state index contributed by atoms with van der Waals surface area (Å²) in [7, 11) is 1.61. The van der Waals surface area contributed by atoms with Crippen molar-refractivity contribution < 1.29 is 19.1 Å². The van der Waals surface area contributed by atoms with E-state index in [1.54, 1.807) is 38.3 Å². The van der Waals surface area contributed by atoms with Gasteiger partial charge in [-0.25, -0.2) is 4.79 Å². The minimum atomic E-state index is -0.389. The highest BCUT2D eigenvalue weighted by Crippen LogP contribution is 2.22. The molecule has 3 rings (SSSR count). The zero-order valence-electron chi connectivity index (χ0n) is 16.9. The van der Waals surface area contributed by atoms with Crippen LogP contribution >= 0.6 is 0 Å². The third-order valence-electron chi connectivity index (χ3n) is 4.41. The number of carbonyl (C=O) groups excluding carboxylic acids is 2. The van der Waals surface area contributed by atoms with E-state index in [2.05, 4.69) is 5.32 Å². The van der Waals surface area contributed by atoms with Crippen molar-refractivity contribution in [1.82, 2.24) is 0 Å². The van der Waals surface area contributed by atoms with Gasteiger partial charge in [0.05, 0.1) is 19.3 Å². The summed E-state index contributed by atoms with van der Waals surface area (Å²) in [5.74, 6) is 0.111. The molecule has 5 nitrogen and oxygen atoms in total. The molecule has 0 heterocycles. The Bertz CT molecular complexity index is 1020. The number of carbonyl (C=O) groups is 2. The minimum absolute atomic E-state index is 0.249. The normalized spacial score (nSPS) is 10.9. The van der Waals surface area contributed by atoms with Gasteiger partial charge in [-0.15, -0.1) is 0 Å². The Morgan fingerprint density at radius 1 is 0.867 bits per heavy atom. The molecule has 0 aliphatic heterocycles. The molecule has 3 aromatic carbocycles. The molecule has 30 heavy (non-hydrogen) atoms. The van der Waals surface area contributed by atoms with E-state index in [4.69, 9.17) is 9.47 Å². The number of benzene rings is 3. The van der Waals surface area contributed by atoms with E-state index >= 15 is 0 Å². The topological polar surface area (TPSA) is 64.6 Å². The van der Waals surface area contributed by atoms with E-state index in [0.29, 0.717) is 23.4 Å². The number of nitrogens with one attached hydrogen (secondary N) is 1. The average molecular weight is 401 g/mol. The van der Waals surface area contributed by atoms with E-state index in [9.17, 15) is 9.59 Å². The zero-order valence-corrected chi connectivity index (χ0v) is 16.9. The number of hydrogen-bond donors (Lipinski definition) is 1. The molecule has 0 bridgehead atoms. The first-order valence-electron chi connectivity index (χ1n) is 9.60. The molecule has 0 spiro atoms. The molecule has 0 saturated heterocycles. The van der Waals surface area contributed by atoms with E-state index in [-0.39, 0.29) is 11.9 Å². The summed E-state index contributed by atoms with van der Waals surface area (Å²) >= 11 is 0. The lowest BCUT2D eigenvalue weighted by atomic mass is 10.0. The Morgan fingerprint density at radius 2 is 1.53 bits per heavy atom. The summed E-state index contributed by atoms with van der Waals surface area (Å²) in [6.45, 7) is 2.07. The van der Waals surface area contributed by atoms with E-state index in [0.717, 1.165) is 16.9 Å². The standard InChI is InChI=1S/C25H23NO4/c1-3-30-25(28)20-11-13-21(14-12-20)26-24(27)23(19-7-5-4-6-8-19)17-18-9-15-22(29-2)16-10-18/h4-17H,3H2,1-2H3,(H,26,27)/b23-17+. The molecular weight excluding hydrogens is 378 g/mol. The maximum absolute atomic E-state index is 13.1. The van der Waals surface area contributed by atoms with Gasteiger partial charge in [0, 0.05) is 11.3 Å². The van der Waals surface area contributed by atoms with Crippen LogP contribution in [0.1, 0.15) is 28.4 Å². The molecule has 152 valence electrons. The fourth-order valence-electron chi connectivity index (χ4n) is 2.87. The van der Waals surface area contributed by atoms with Crippen LogP contribution in [0.5, 0.6) is 5.75 Å². The van der Waals surface area contributed by atoms with Crippen molar-refractivity contribution in [3.63, 3.8) is 0 Å². The largest absolute Gasteiger partial charge is 0.497 e. The second kappa shape index (κ2) is 10.1. The molecule has 1 N–H and O–H groups in total. The van der Waals surface area contributed by atoms with Crippen molar-refractivity contribution >= 4 is 29.2 Å². The van der Waals surface area contributed by atoms with Crippen LogP contribution in [0.15, 0.2) is 78.9 Å². The lowest BCUT2D eigenvalue weighted by molar-refractivity contribution is -0.111. The maximum atomic E-state index is 13.1.